The minimum atomic E-state index is -2.24. The molecule has 1 aliphatic carbocycles. The Labute approximate surface area is 166 Å². The molecule has 0 aromatic rings. The highest BCUT2D eigenvalue weighted by atomic mass is 127. The molecule has 25 heavy (non-hydrogen) atoms. The van der Waals surface area contributed by atoms with Crippen LogP contribution in [0.1, 0.15) is 33.1 Å². The third-order valence-corrected chi connectivity index (χ3v) is 5.94. The molecule has 146 valence electrons. The van der Waals surface area contributed by atoms with Crippen molar-refractivity contribution in [1.29, 1.82) is 0 Å². The Hall–Kier alpha value is -0.220. The second-order valence-electron chi connectivity index (χ2n) is 7.87. The van der Waals surface area contributed by atoms with Crippen molar-refractivity contribution in [2.24, 2.45) is 16.3 Å². The number of fused-ring (bicyclic) bond motifs is 1. The van der Waals surface area contributed by atoms with Gasteiger partial charge in [0.1, 0.15) is 0 Å². The lowest BCUT2D eigenvalue weighted by atomic mass is 9.57. The van der Waals surface area contributed by atoms with E-state index in [0.29, 0.717) is 37.2 Å². The predicted molar refractivity (Wildman–Crippen MR) is 106 cm³/mol. The number of rotatable bonds is 4. The standard InChI is InChI=1S/C17H30F2N4O.HI/c1-17(2)14(12-6-9-24-15(12)17)22-16(20-3)21-11-4-7-23(8-5-11)10-13(18)19;/h11-15H,4-10H2,1-3H3,(H2,20,21,22);1H. The van der Waals surface area contributed by atoms with Gasteiger partial charge in [-0.3, -0.25) is 9.89 Å². The van der Waals surface area contributed by atoms with E-state index < -0.39 is 6.43 Å². The number of halogens is 3. The fourth-order valence-electron chi connectivity index (χ4n) is 4.58. The molecular formula is C17H31F2IN4O. The van der Waals surface area contributed by atoms with Gasteiger partial charge in [0.05, 0.1) is 12.6 Å². The highest BCUT2D eigenvalue weighted by Crippen LogP contribution is 2.52. The van der Waals surface area contributed by atoms with Gasteiger partial charge in [0, 0.05) is 50.2 Å². The zero-order valence-corrected chi connectivity index (χ0v) is 17.6. The first kappa shape index (κ1) is 21.1. The molecule has 3 atom stereocenters. The van der Waals surface area contributed by atoms with Gasteiger partial charge >= 0.3 is 0 Å². The second kappa shape index (κ2) is 8.65. The molecule has 2 aliphatic heterocycles. The molecule has 8 heteroatoms. The quantitative estimate of drug-likeness (QED) is 0.375. The van der Waals surface area contributed by atoms with E-state index in [1.54, 1.807) is 7.05 Å². The fourth-order valence-corrected chi connectivity index (χ4v) is 4.58. The fraction of sp³-hybridized carbons (Fsp3) is 0.941. The van der Waals surface area contributed by atoms with E-state index in [0.717, 1.165) is 31.8 Å². The number of likely N-dealkylation sites (tertiary alicyclic amines) is 1. The number of hydrogen-bond acceptors (Lipinski definition) is 3. The van der Waals surface area contributed by atoms with Crippen LogP contribution >= 0.6 is 24.0 Å². The molecule has 2 heterocycles. The maximum atomic E-state index is 12.5. The molecule has 2 saturated heterocycles. The summed E-state index contributed by atoms with van der Waals surface area (Å²) in [5, 5.41) is 7.06. The summed E-state index contributed by atoms with van der Waals surface area (Å²) in [6, 6.07) is 0.666. The van der Waals surface area contributed by atoms with Gasteiger partial charge in [-0.15, -0.1) is 24.0 Å². The van der Waals surface area contributed by atoms with E-state index in [4.69, 9.17) is 4.74 Å². The molecule has 2 N–H and O–H groups in total. The zero-order chi connectivity index (χ0) is 17.3. The minimum absolute atomic E-state index is 0. The number of aliphatic imine (C=N–C) groups is 1. The second-order valence-corrected chi connectivity index (χ2v) is 7.87. The van der Waals surface area contributed by atoms with Crippen LogP contribution in [0.15, 0.2) is 4.99 Å². The van der Waals surface area contributed by atoms with Gasteiger partial charge in [0.25, 0.3) is 6.43 Å². The summed E-state index contributed by atoms with van der Waals surface area (Å²) in [5.74, 6) is 1.39. The average molecular weight is 472 g/mol. The van der Waals surface area contributed by atoms with Gasteiger partial charge in [-0.1, -0.05) is 13.8 Å². The average Bonchev–Trinajstić information content (AvgIpc) is 2.99. The van der Waals surface area contributed by atoms with Crippen molar-refractivity contribution >= 4 is 29.9 Å². The third-order valence-electron chi connectivity index (χ3n) is 5.94. The summed E-state index contributed by atoms with van der Waals surface area (Å²) in [4.78, 5) is 6.21. The van der Waals surface area contributed by atoms with E-state index >= 15 is 0 Å². The lowest BCUT2D eigenvalue weighted by Gasteiger charge is -2.55. The molecule has 0 radical (unpaired) electrons. The largest absolute Gasteiger partial charge is 0.377 e. The molecule has 0 spiro atoms. The van der Waals surface area contributed by atoms with Crippen molar-refractivity contribution in [3.05, 3.63) is 0 Å². The lowest BCUT2D eigenvalue weighted by molar-refractivity contribution is -0.106. The Morgan fingerprint density at radius 2 is 1.92 bits per heavy atom. The Balaban J connectivity index is 0.00000225. The number of guanidine groups is 1. The van der Waals surface area contributed by atoms with Crippen molar-refractivity contribution in [3.63, 3.8) is 0 Å². The van der Waals surface area contributed by atoms with Crippen molar-refractivity contribution in [1.82, 2.24) is 15.5 Å². The number of nitrogens with zero attached hydrogens (tertiary/aromatic N) is 2. The normalized spacial score (nSPS) is 32.7. The van der Waals surface area contributed by atoms with Gasteiger partial charge in [-0.25, -0.2) is 8.78 Å². The molecule has 3 fully saturated rings. The minimum Gasteiger partial charge on any atom is -0.377 e. The summed E-state index contributed by atoms with van der Waals surface area (Å²) in [7, 11) is 1.79. The highest BCUT2D eigenvalue weighted by Gasteiger charge is 2.59. The lowest BCUT2D eigenvalue weighted by Crippen LogP contribution is -2.68. The molecule has 3 rings (SSSR count). The Kier molecular flexibility index (Phi) is 7.29. The van der Waals surface area contributed by atoms with E-state index in [2.05, 4.69) is 29.5 Å². The molecular weight excluding hydrogens is 441 g/mol. The van der Waals surface area contributed by atoms with E-state index in [9.17, 15) is 8.78 Å². The van der Waals surface area contributed by atoms with E-state index in [-0.39, 0.29) is 35.9 Å². The van der Waals surface area contributed by atoms with Crippen molar-refractivity contribution < 1.29 is 13.5 Å². The monoisotopic (exact) mass is 472 g/mol. The Bertz CT molecular complexity index is 470. The first-order valence-corrected chi connectivity index (χ1v) is 9.03. The topological polar surface area (TPSA) is 48.9 Å². The van der Waals surface area contributed by atoms with Gasteiger partial charge in [-0.2, -0.15) is 0 Å². The smallest absolute Gasteiger partial charge is 0.251 e. The van der Waals surface area contributed by atoms with Crippen LogP contribution in [0.4, 0.5) is 8.78 Å². The molecule has 0 bridgehead atoms. The van der Waals surface area contributed by atoms with Crippen LogP contribution in [-0.4, -0.2) is 68.8 Å². The summed E-state index contributed by atoms with van der Waals surface area (Å²) < 4.78 is 30.7. The van der Waals surface area contributed by atoms with Gasteiger partial charge in [0.15, 0.2) is 5.96 Å². The molecule has 0 aromatic carbocycles. The van der Waals surface area contributed by atoms with Crippen LogP contribution in [0, 0.1) is 11.3 Å². The third kappa shape index (κ3) is 4.55. The van der Waals surface area contributed by atoms with Crippen LogP contribution in [0.25, 0.3) is 0 Å². The van der Waals surface area contributed by atoms with Crippen LogP contribution in [0.5, 0.6) is 0 Å². The number of nitrogens with one attached hydrogen (secondary N) is 2. The van der Waals surface area contributed by atoms with Crippen LogP contribution in [0.3, 0.4) is 0 Å². The molecule has 3 unspecified atom stereocenters. The zero-order valence-electron chi connectivity index (χ0n) is 15.3. The van der Waals surface area contributed by atoms with Crippen LogP contribution < -0.4 is 10.6 Å². The van der Waals surface area contributed by atoms with Gasteiger partial charge in [0.2, 0.25) is 0 Å². The van der Waals surface area contributed by atoms with Gasteiger partial charge < -0.3 is 15.4 Å². The SMILES string of the molecule is CN=C(NC1CCN(CC(F)F)CC1)NC1C2CCOC2C1(C)C.I. The summed E-state index contributed by atoms with van der Waals surface area (Å²) in [5.41, 5.74) is 0.111. The molecule has 0 amide bonds. The summed E-state index contributed by atoms with van der Waals surface area (Å²) >= 11 is 0. The molecule has 1 saturated carbocycles. The highest BCUT2D eigenvalue weighted by molar-refractivity contribution is 14.0. The molecule has 3 aliphatic rings. The van der Waals surface area contributed by atoms with Crippen molar-refractivity contribution in [2.45, 2.75) is 57.7 Å². The first-order valence-electron chi connectivity index (χ1n) is 9.03. The number of ether oxygens (including phenoxy) is 1. The number of alkyl halides is 2. The Morgan fingerprint density at radius 1 is 1.24 bits per heavy atom. The van der Waals surface area contributed by atoms with E-state index in [1.807, 2.05) is 4.90 Å². The van der Waals surface area contributed by atoms with E-state index in [1.165, 1.54) is 0 Å². The maximum absolute atomic E-state index is 12.5. The number of hydrogen-bond donors (Lipinski definition) is 2. The van der Waals surface area contributed by atoms with Crippen LogP contribution in [-0.2, 0) is 4.74 Å². The summed E-state index contributed by atoms with van der Waals surface area (Å²) in [6.45, 7) is 6.66. The summed E-state index contributed by atoms with van der Waals surface area (Å²) in [6.07, 6.45) is 0.958. The molecule has 5 nitrogen and oxygen atoms in total. The first-order chi connectivity index (χ1) is 11.4. The van der Waals surface area contributed by atoms with Crippen molar-refractivity contribution in [2.75, 3.05) is 33.3 Å². The maximum Gasteiger partial charge on any atom is 0.251 e. The van der Waals surface area contributed by atoms with Crippen LogP contribution in [0.2, 0.25) is 0 Å². The van der Waals surface area contributed by atoms with Gasteiger partial charge in [-0.05, 0) is 19.3 Å². The van der Waals surface area contributed by atoms with Crippen molar-refractivity contribution in [3.8, 4) is 0 Å². The number of piperidine rings is 1. The Morgan fingerprint density at radius 3 is 2.52 bits per heavy atom. The molecule has 0 aromatic heterocycles. The predicted octanol–water partition coefficient (Wildman–Crippen LogP) is 2.31.